The van der Waals surface area contributed by atoms with E-state index in [2.05, 4.69) is 15.4 Å². The van der Waals surface area contributed by atoms with Crippen LogP contribution >= 0.6 is 0 Å². The van der Waals surface area contributed by atoms with E-state index in [0.29, 0.717) is 0 Å². The molecule has 4 aromatic rings. The van der Waals surface area contributed by atoms with Crippen molar-refractivity contribution >= 4 is 6.29 Å². The molecule has 0 amide bonds. The van der Waals surface area contributed by atoms with Gasteiger partial charge in [0.05, 0.1) is 0 Å². The highest BCUT2D eigenvalue weighted by Gasteiger charge is 2.11. The molecule has 0 spiro atoms. The van der Waals surface area contributed by atoms with Gasteiger partial charge in [-0.05, 0) is 0 Å². The van der Waals surface area contributed by atoms with Crippen molar-refractivity contribution in [3.63, 3.8) is 0 Å². The fraction of sp³-hybridized carbons (Fsp3) is 0. The Morgan fingerprint density at radius 2 is 1.00 bits per heavy atom. The molecule has 0 fully saturated rings. The van der Waals surface area contributed by atoms with Crippen LogP contribution in [0.3, 0.4) is 0 Å². The summed E-state index contributed by atoms with van der Waals surface area (Å²) in [6, 6.07) is 29.2. The van der Waals surface area contributed by atoms with E-state index in [1.165, 1.54) is 0 Å². The van der Waals surface area contributed by atoms with Gasteiger partial charge < -0.3 is 0 Å². The quantitative estimate of drug-likeness (QED) is 0.558. The molecule has 1 heterocycles. The van der Waals surface area contributed by atoms with Gasteiger partial charge in [0.15, 0.2) is 0 Å². The molecule has 0 saturated heterocycles. The van der Waals surface area contributed by atoms with Gasteiger partial charge in [-0.25, -0.2) is 0 Å². The van der Waals surface area contributed by atoms with Crippen LogP contribution in [0, 0.1) is 0 Å². The lowest BCUT2D eigenvalue weighted by molar-refractivity contribution is 0.112. The molecule has 0 aliphatic rings. The standard InChI is InChI=1S/C14H11N3.C7H6O/c1-3-7-11(8-4-1)13-14(16-17-15-13)12-9-5-2-6-10-12;8-6-7-4-2-1-3-5-7/h1-10H,(H,15,16,17);1-6H. The van der Waals surface area contributed by atoms with Crippen LogP contribution in [0.2, 0.25) is 0 Å². The molecule has 0 unspecified atom stereocenters. The lowest BCUT2D eigenvalue weighted by Gasteiger charge is -2.00. The molecule has 4 nitrogen and oxygen atoms in total. The van der Waals surface area contributed by atoms with E-state index in [1.807, 2.05) is 78.9 Å². The Morgan fingerprint density at radius 1 is 0.600 bits per heavy atom. The van der Waals surface area contributed by atoms with E-state index < -0.39 is 0 Å². The van der Waals surface area contributed by atoms with Crippen molar-refractivity contribution in [2.24, 2.45) is 0 Å². The van der Waals surface area contributed by atoms with Gasteiger partial charge in [0, 0.05) is 16.7 Å². The highest BCUT2D eigenvalue weighted by molar-refractivity contribution is 5.77. The zero-order chi connectivity index (χ0) is 17.3. The van der Waals surface area contributed by atoms with Crippen molar-refractivity contribution in [2.45, 2.75) is 0 Å². The summed E-state index contributed by atoms with van der Waals surface area (Å²) < 4.78 is 0. The predicted octanol–water partition coefficient (Wildman–Crippen LogP) is 4.64. The molecule has 0 aliphatic carbocycles. The molecule has 0 saturated carbocycles. The average Bonchev–Trinajstić information content (AvgIpc) is 3.20. The lowest BCUT2D eigenvalue weighted by Crippen LogP contribution is -1.82. The molecule has 1 aromatic heterocycles. The summed E-state index contributed by atoms with van der Waals surface area (Å²) in [6.45, 7) is 0. The van der Waals surface area contributed by atoms with Crippen molar-refractivity contribution in [3.05, 3.63) is 96.6 Å². The van der Waals surface area contributed by atoms with Crippen LogP contribution in [0.25, 0.3) is 22.5 Å². The number of hydrogen-bond acceptors (Lipinski definition) is 3. The molecule has 0 radical (unpaired) electrons. The molecule has 25 heavy (non-hydrogen) atoms. The second-order valence-corrected chi connectivity index (χ2v) is 5.28. The minimum absolute atomic E-state index is 0.729. The molecule has 1 N–H and O–H groups in total. The van der Waals surface area contributed by atoms with Gasteiger partial charge in [0.1, 0.15) is 17.7 Å². The van der Waals surface area contributed by atoms with Crippen molar-refractivity contribution in [1.82, 2.24) is 15.4 Å². The maximum absolute atomic E-state index is 10.0. The topological polar surface area (TPSA) is 58.6 Å². The third kappa shape index (κ3) is 4.26. The maximum Gasteiger partial charge on any atom is 0.150 e. The first kappa shape index (κ1) is 16.3. The summed E-state index contributed by atoms with van der Waals surface area (Å²) in [5, 5.41) is 11.1. The fourth-order valence-corrected chi connectivity index (χ4v) is 2.36. The Kier molecular flexibility index (Phi) is 5.46. The molecule has 0 atom stereocenters. The molecule has 3 aromatic carbocycles. The van der Waals surface area contributed by atoms with E-state index in [0.717, 1.165) is 34.4 Å². The number of H-pyrrole nitrogens is 1. The first-order valence-electron chi connectivity index (χ1n) is 7.90. The summed E-state index contributed by atoms with van der Waals surface area (Å²) in [7, 11) is 0. The van der Waals surface area contributed by atoms with Crippen LogP contribution in [0.5, 0.6) is 0 Å². The zero-order valence-electron chi connectivity index (χ0n) is 13.5. The molecule has 4 heteroatoms. The molecule has 4 rings (SSSR count). The van der Waals surface area contributed by atoms with Crippen molar-refractivity contribution in [1.29, 1.82) is 0 Å². The van der Waals surface area contributed by atoms with Gasteiger partial charge >= 0.3 is 0 Å². The van der Waals surface area contributed by atoms with Crippen LogP contribution in [0.1, 0.15) is 10.4 Å². The Morgan fingerprint density at radius 3 is 1.36 bits per heavy atom. The van der Waals surface area contributed by atoms with Gasteiger partial charge in [-0.2, -0.15) is 15.4 Å². The van der Waals surface area contributed by atoms with E-state index in [9.17, 15) is 4.79 Å². The van der Waals surface area contributed by atoms with E-state index in [-0.39, 0.29) is 0 Å². The highest BCUT2D eigenvalue weighted by atomic mass is 16.1. The summed E-state index contributed by atoms with van der Waals surface area (Å²) >= 11 is 0. The van der Waals surface area contributed by atoms with Crippen LogP contribution in [0.4, 0.5) is 0 Å². The summed E-state index contributed by atoms with van der Waals surface area (Å²) in [4.78, 5) is 10.0. The Hall–Kier alpha value is -3.53. The number of nitrogens with one attached hydrogen (secondary N) is 1. The number of carbonyl (C=O) groups excluding carboxylic acids is 1. The number of carbonyl (C=O) groups is 1. The van der Waals surface area contributed by atoms with Crippen molar-refractivity contribution < 1.29 is 4.79 Å². The van der Waals surface area contributed by atoms with E-state index in [1.54, 1.807) is 12.1 Å². The predicted molar refractivity (Wildman–Crippen MR) is 99.1 cm³/mol. The SMILES string of the molecule is O=Cc1ccccc1.c1ccc(-c2n[nH]nc2-c2ccccc2)cc1. The third-order valence-corrected chi connectivity index (χ3v) is 3.58. The molecular formula is C21H17N3O. The Labute approximate surface area is 146 Å². The Bertz CT molecular complexity index is 850. The van der Waals surface area contributed by atoms with Crippen LogP contribution < -0.4 is 0 Å². The minimum atomic E-state index is 0.729. The maximum atomic E-state index is 10.0. The van der Waals surface area contributed by atoms with Crippen molar-refractivity contribution in [3.8, 4) is 22.5 Å². The second kappa shape index (κ2) is 8.36. The number of aromatic nitrogens is 3. The second-order valence-electron chi connectivity index (χ2n) is 5.28. The number of aromatic amines is 1. The van der Waals surface area contributed by atoms with Gasteiger partial charge in [-0.3, -0.25) is 4.79 Å². The van der Waals surface area contributed by atoms with Crippen LogP contribution in [-0.2, 0) is 0 Å². The number of rotatable bonds is 3. The molecule has 0 bridgehead atoms. The van der Waals surface area contributed by atoms with Crippen molar-refractivity contribution in [2.75, 3.05) is 0 Å². The average molecular weight is 327 g/mol. The first-order chi connectivity index (χ1) is 12.4. The number of benzene rings is 3. The summed E-state index contributed by atoms with van der Waals surface area (Å²) in [6.07, 6.45) is 0.833. The zero-order valence-corrected chi connectivity index (χ0v) is 13.5. The summed E-state index contributed by atoms with van der Waals surface area (Å²) in [5.41, 5.74) is 4.64. The molecule has 122 valence electrons. The smallest absolute Gasteiger partial charge is 0.150 e. The van der Waals surface area contributed by atoms with Gasteiger partial charge in [0.25, 0.3) is 0 Å². The van der Waals surface area contributed by atoms with Crippen LogP contribution in [0.15, 0.2) is 91.0 Å². The fourth-order valence-electron chi connectivity index (χ4n) is 2.36. The number of aldehydes is 1. The van der Waals surface area contributed by atoms with Crippen LogP contribution in [-0.4, -0.2) is 21.7 Å². The number of hydrogen-bond donors (Lipinski definition) is 1. The molecule has 0 aliphatic heterocycles. The normalized spacial score (nSPS) is 9.76. The first-order valence-corrected chi connectivity index (χ1v) is 7.90. The molecular weight excluding hydrogens is 310 g/mol. The lowest BCUT2D eigenvalue weighted by atomic mass is 10.1. The monoisotopic (exact) mass is 327 g/mol. The van der Waals surface area contributed by atoms with E-state index in [4.69, 9.17) is 0 Å². The minimum Gasteiger partial charge on any atom is -0.298 e. The summed E-state index contributed by atoms with van der Waals surface area (Å²) in [5.74, 6) is 0. The van der Waals surface area contributed by atoms with E-state index >= 15 is 0 Å². The highest BCUT2D eigenvalue weighted by Crippen LogP contribution is 2.27. The number of nitrogens with zero attached hydrogens (tertiary/aromatic N) is 2. The largest absolute Gasteiger partial charge is 0.298 e. The third-order valence-electron chi connectivity index (χ3n) is 3.58. The van der Waals surface area contributed by atoms with Gasteiger partial charge in [0.2, 0.25) is 0 Å². The van der Waals surface area contributed by atoms with Gasteiger partial charge in [-0.15, -0.1) is 0 Å². The van der Waals surface area contributed by atoms with Gasteiger partial charge in [-0.1, -0.05) is 91.0 Å². The Balaban J connectivity index is 0.000000192.